The molecule has 0 saturated carbocycles. The van der Waals surface area contributed by atoms with Crippen molar-refractivity contribution < 1.29 is 9.53 Å². The molecule has 0 aromatic heterocycles. The van der Waals surface area contributed by atoms with Gasteiger partial charge in [-0.3, -0.25) is 4.79 Å². The first kappa shape index (κ1) is 9.40. The highest BCUT2D eigenvalue weighted by atomic mass is 16.5. The normalized spacial score (nSPS) is 31.2. The molecule has 0 spiro atoms. The van der Waals surface area contributed by atoms with Crippen molar-refractivity contribution in [1.82, 2.24) is 0 Å². The summed E-state index contributed by atoms with van der Waals surface area (Å²) in [4.78, 5) is 11.4. The summed E-state index contributed by atoms with van der Waals surface area (Å²) in [5.74, 6) is 0.305. The molecule has 16 heavy (non-hydrogen) atoms. The standard InChI is InChI=1S/C14H12O2/c15-13-6-8-14(11-4-2-1-3-5-11)12(10-13)7-9-16-14/h1-9,12H,10H2. The number of ether oxygens (including phenoxy) is 1. The molecule has 2 atom stereocenters. The molecule has 1 aromatic carbocycles. The van der Waals surface area contributed by atoms with Crippen LogP contribution < -0.4 is 0 Å². The number of benzene rings is 1. The lowest BCUT2D eigenvalue weighted by Gasteiger charge is -2.34. The number of carbonyl (C=O) groups excluding carboxylic acids is 1. The fourth-order valence-corrected chi connectivity index (χ4v) is 2.44. The SMILES string of the molecule is O=C1C=CC2(c3ccccc3)OC=CC2C1. The van der Waals surface area contributed by atoms with Crippen LogP contribution in [0.2, 0.25) is 0 Å². The Kier molecular flexibility index (Phi) is 1.96. The van der Waals surface area contributed by atoms with E-state index < -0.39 is 5.60 Å². The van der Waals surface area contributed by atoms with Gasteiger partial charge in [-0.2, -0.15) is 0 Å². The first-order chi connectivity index (χ1) is 7.81. The monoisotopic (exact) mass is 212 g/mol. The van der Waals surface area contributed by atoms with Gasteiger partial charge in [0.25, 0.3) is 0 Å². The van der Waals surface area contributed by atoms with E-state index in [2.05, 4.69) is 0 Å². The highest BCUT2D eigenvalue weighted by Crippen LogP contribution is 2.44. The number of hydrogen-bond acceptors (Lipinski definition) is 2. The molecule has 0 amide bonds. The molecule has 0 fully saturated rings. The van der Waals surface area contributed by atoms with Crippen LogP contribution >= 0.6 is 0 Å². The topological polar surface area (TPSA) is 26.3 Å². The van der Waals surface area contributed by atoms with Crippen LogP contribution in [0.1, 0.15) is 12.0 Å². The van der Waals surface area contributed by atoms with Gasteiger partial charge in [0, 0.05) is 12.3 Å². The number of ketones is 1. The molecular weight excluding hydrogens is 200 g/mol. The highest BCUT2D eigenvalue weighted by Gasteiger charge is 2.44. The Morgan fingerprint density at radius 2 is 2.06 bits per heavy atom. The molecule has 0 saturated heterocycles. The quantitative estimate of drug-likeness (QED) is 0.715. The van der Waals surface area contributed by atoms with Crippen LogP contribution in [0.25, 0.3) is 0 Å². The molecule has 2 heteroatoms. The Balaban J connectivity index is 2.10. The van der Waals surface area contributed by atoms with E-state index in [4.69, 9.17) is 4.74 Å². The largest absolute Gasteiger partial charge is 0.486 e. The zero-order chi connectivity index (χ0) is 11.0. The van der Waals surface area contributed by atoms with Crippen molar-refractivity contribution in [2.75, 3.05) is 0 Å². The molecule has 2 nitrogen and oxygen atoms in total. The van der Waals surface area contributed by atoms with Gasteiger partial charge in [0.1, 0.15) is 0 Å². The second-order valence-electron chi connectivity index (χ2n) is 4.22. The third kappa shape index (κ3) is 1.23. The third-order valence-corrected chi connectivity index (χ3v) is 3.29. The average molecular weight is 212 g/mol. The van der Waals surface area contributed by atoms with E-state index in [-0.39, 0.29) is 11.7 Å². The Bertz CT molecular complexity index is 473. The minimum atomic E-state index is -0.449. The molecule has 80 valence electrons. The fraction of sp³-hybridized carbons (Fsp3) is 0.214. The van der Waals surface area contributed by atoms with Crippen molar-refractivity contribution in [3.8, 4) is 0 Å². The summed E-state index contributed by atoms with van der Waals surface area (Å²) in [5, 5.41) is 0. The molecule has 0 N–H and O–H groups in total. The van der Waals surface area contributed by atoms with Gasteiger partial charge in [0.15, 0.2) is 11.4 Å². The number of hydrogen-bond donors (Lipinski definition) is 0. The maximum absolute atomic E-state index is 11.4. The van der Waals surface area contributed by atoms with Gasteiger partial charge in [-0.05, 0) is 23.8 Å². The summed E-state index contributed by atoms with van der Waals surface area (Å²) in [7, 11) is 0. The van der Waals surface area contributed by atoms with Gasteiger partial charge in [-0.15, -0.1) is 0 Å². The number of fused-ring (bicyclic) bond motifs is 1. The molecule has 0 radical (unpaired) electrons. The van der Waals surface area contributed by atoms with Crippen molar-refractivity contribution in [2.45, 2.75) is 12.0 Å². The predicted octanol–water partition coefficient (Wildman–Crippen LogP) is 2.57. The molecule has 3 rings (SSSR count). The lowest BCUT2D eigenvalue weighted by molar-refractivity contribution is -0.117. The summed E-state index contributed by atoms with van der Waals surface area (Å²) in [5.41, 5.74) is 0.656. The van der Waals surface area contributed by atoms with Crippen molar-refractivity contribution in [1.29, 1.82) is 0 Å². The van der Waals surface area contributed by atoms with E-state index in [1.165, 1.54) is 0 Å². The maximum Gasteiger partial charge on any atom is 0.158 e. The Hall–Kier alpha value is -1.83. The van der Waals surface area contributed by atoms with Crippen LogP contribution in [0.3, 0.4) is 0 Å². The highest BCUT2D eigenvalue weighted by molar-refractivity contribution is 5.91. The van der Waals surface area contributed by atoms with Gasteiger partial charge in [-0.25, -0.2) is 0 Å². The van der Waals surface area contributed by atoms with Crippen molar-refractivity contribution in [3.63, 3.8) is 0 Å². The van der Waals surface area contributed by atoms with Crippen molar-refractivity contribution in [2.24, 2.45) is 5.92 Å². The smallest absolute Gasteiger partial charge is 0.158 e. The van der Waals surface area contributed by atoms with Crippen LogP contribution in [0, 0.1) is 5.92 Å². The summed E-state index contributed by atoms with van der Waals surface area (Å²) in [6, 6.07) is 10.1. The van der Waals surface area contributed by atoms with Gasteiger partial charge < -0.3 is 4.74 Å². The Labute approximate surface area is 94.2 Å². The number of carbonyl (C=O) groups is 1. The fourth-order valence-electron chi connectivity index (χ4n) is 2.44. The van der Waals surface area contributed by atoms with E-state index in [0.717, 1.165) is 5.56 Å². The summed E-state index contributed by atoms with van der Waals surface area (Å²) >= 11 is 0. The molecular formula is C14H12O2. The van der Waals surface area contributed by atoms with E-state index in [0.29, 0.717) is 6.42 Å². The zero-order valence-corrected chi connectivity index (χ0v) is 8.80. The Morgan fingerprint density at radius 3 is 2.88 bits per heavy atom. The molecule has 2 unspecified atom stereocenters. The maximum atomic E-state index is 11.4. The minimum absolute atomic E-state index is 0.132. The second-order valence-corrected chi connectivity index (χ2v) is 4.22. The average Bonchev–Trinajstić information content (AvgIpc) is 2.74. The first-order valence-corrected chi connectivity index (χ1v) is 5.43. The van der Waals surface area contributed by atoms with Crippen LogP contribution in [0.5, 0.6) is 0 Å². The van der Waals surface area contributed by atoms with Gasteiger partial charge in [-0.1, -0.05) is 30.3 Å². The summed E-state index contributed by atoms with van der Waals surface area (Å²) in [6.07, 6.45) is 7.74. The van der Waals surface area contributed by atoms with Crippen molar-refractivity contribution in [3.05, 3.63) is 60.4 Å². The van der Waals surface area contributed by atoms with Gasteiger partial charge in [0.2, 0.25) is 0 Å². The summed E-state index contributed by atoms with van der Waals surface area (Å²) in [6.45, 7) is 0. The number of rotatable bonds is 1. The van der Waals surface area contributed by atoms with E-state index in [9.17, 15) is 4.79 Å². The molecule has 1 aliphatic carbocycles. The molecule has 1 heterocycles. The summed E-state index contributed by atoms with van der Waals surface area (Å²) < 4.78 is 5.76. The van der Waals surface area contributed by atoms with E-state index >= 15 is 0 Å². The minimum Gasteiger partial charge on any atom is -0.486 e. The zero-order valence-electron chi connectivity index (χ0n) is 8.80. The molecule has 0 bridgehead atoms. The Morgan fingerprint density at radius 1 is 1.25 bits per heavy atom. The van der Waals surface area contributed by atoms with Gasteiger partial charge >= 0.3 is 0 Å². The lowest BCUT2D eigenvalue weighted by atomic mass is 9.76. The first-order valence-electron chi connectivity index (χ1n) is 5.43. The van der Waals surface area contributed by atoms with E-state index in [1.807, 2.05) is 42.5 Å². The third-order valence-electron chi connectivity index (χ3n) is 3.29. The van der Waals surface area contributed by atoms with Crippen molar-refractivity contribution >= 4 is 5.78 Å². The number of allylic oxidation sites excluding steroid dienone is 1. The van der Waals surface area contributed by atoms with E-state index in [1.54, 1.807) is 12.3 Å². The van der Waals surface area contributed by atoms with Crippen LogP contribution in [-0.4, -0.2) is 5.78 Å². The second kappa shape index (κ2) is 3.34. The van der Waals surface area contributed by atoms with Gasteiger partial charge in [0.05, 0.1) is 6.26 Å². The lowest BCUT2D eigenvalue weighted by Crippen LogP contribution is -2.34. The van der Waals surface area contributed by atoms with Crippen LogP contribution in [0.15, 0.2) is 54.8 Å². The van der Waals surface area contributed by atoms with Crippen LogP contribution in [-0.2, 0) is 15.1 Å². The molecule has 1 aliphatic heterocycles. The predicted molar refractivity (Wildman–Crippen MR) is 60.6 cm³/mol. The molecule has 1 aromatic rings. The van der Waals surface area contributed by atoms with Crippen LogP contribution in [0.4, 0.5) is 0 Å². The molecule has 2 aliphatic rings.